The second-order valence-electron chi connectivity index (χ2n) is 6.23. The lowest BCUT2D eigenvalue weighted by atomic mass is 9.95. The molecule has 5 nitrogen and oxygen atoms in total. The summed E-state index contributed by atoms with van der Waals surface area (Å²) in [7, 11) is 1.37. The van der Waals surface area contributed by atoms with Gasteiger partial charge in [-0.1, -0.05) is 24.4 Å². The zero-order chi connectivity index (χ0) is 21.5. The van der Waals surface area contributed by atoms with Crippen molar-refractivity contribution < 1.29 is 32.6 Å². The molecule has 9 heteroatoms. The van der Waals surface area contributed by atoms with Crippen LogP contribution in [0.2, 0.25) is 0 Å². The number of aromatic amines is 1. The first kappa shape index (κ1) is 20.5. The van der Waals surface area contributed by atoms with Crippen LogP contribution in [0, 0.1) is 6.92 Å². The van der Waals surface area contributed by atoms with Gasteiger partial charge < -0.3 is 14.8 Å². The Labute approximate surface area is 168 Å². The van der Waals surface area contributed by atoms with Crippen molar-refractivity contribution in [2.75, 3.05) is 7.11 Å². The molecule has 2 aromatic carbocycles. The van der Waals surface area contributed by atoms with E-state index in [-0.39, 0.29) is 27.1 Å². The van der Waals surface area contributed by atoms with Crippen LogP contribution in [0.15, 0.2) is 36.4 Å². The molecular formula is C20H14F3NO4S. The lowest BCUT2D eigenvalue weighted by Gasteiger charge is -2.14. The molecule has 0 radical (unpaired) electrons. The number of fused-ring (bicyclic) bond motifs is 1. The molecular weight excluding hydrogens is 407 g/mol. The summed E-state index contributed by atoms with van der Waals surface area (Å²) in [4.78, 5) is 26.6. The second kappa shape index (κ2) is 7.32. The summed E-state index contributed by atoms with van der Waals surface area (Å²) in [6.07, 6.45) is -4.49. The van der Waals surface area contributed by atoms with Crippen LogP contribution >= 0.6 is 12.2 Å². The molecule has 3 aromatic rings. The Balaban J connectivity index is 2.26. The van der Waals surface area contributed by atoms with Gasteiger partial charge in [-0.05, 0) is 36.8 Å². The van der Waals surface area contributed by atoms with E-state index in [1.165, 1.54) is 19.2 Å². The first-order valence-electron chi connectivity index (χ1n) is 8.25. The van der Waals surface area contributed by atoms with Crippen LogP contribution < -0.4 is 4.74 Å². The molecule has 2 N–H and O–H groups in total. The van der Waals surface area contributed by atoms with Crippen molar-refractivity contribution in [3.63, 3.8) is 0 Å². The van der Waals surface area contributed by atoms with E-state index in [0.717, 1.165) is 12.1 Å². The number of rotatable bonds is 5. The van der Waals surface area contributed by atoms with Crippen LogP contribution in [0.4, 0.5) is 13.2 Å². The predicted molar refractivity (Wildman–Crippen MR) is 104 cm³/mol. The van der Waals surface area contributed by atoms with E-state index in [1.54, 1.807) is 19.1 Å². The SMILES string of the molecule is COc1ccc2[nH]c(C)c(C(=O)C(=O)O)c2c1C(=S)c1ccc(C(F)(F)F)cc1. The molecule has 0 amide bonds. The summed E-state index contributed by atoms with van der Waals surface area (Å²) in [5.41, 5.74) is 0.443. The number of carbonyl (C=O) groups excluding carboxylic acids is 1. The Morgan fingerprint density at radius 3 is 2.21 bits per heavy atom. The monoisotopic (exact) mass is 421 g/mol. The normalized spacial score (nSPS) is 11.5. The van der Waals surface area contributed by atoms with Crippen LogP contribution in [-0.2, 0) is 11.0 Å². The molecule has 3 rings (SSSR count). The number of alkyl halides is 3. The van der Waals surface area contributed by atoms with Gasteiger partial charge in [0.05, 0.1) is 23.1 Å². The molecule has 0 aliphatic carbocycles. The maximum Gasteiger partial charge on any atom is 0.416 e. The number of benzene rings is 2. The maximum absolute atomic E-state index is 12.8. The van der Waals surface area contributed by atoms with Crippen LogP contribution in [0.5, 0.6) is 5.75 Å². The number of hydrogen-bond donors (Lipinski definition) is 2. The summed E-state index contributed by atoms with van der Waals surface area (Å²) in [6, 6.07) is 7.45. The minimum atomic E-state index is -4.49. The lowest BCUT2D eigenvalue weighted by molar-refractivity contribution is -0.137. The second-order valence-corrected chi connectivity index (χ2v) is 6.64. The molecule has 0 unspecified atom stereocenters. The van der Waals surface area contributed by atoms with Crippen molar-refractivity contribution in [3.8, 4) is 5.75 Å². The molecule has 0 aliphatic heterocycles. The average Bonchev–Trinajstić information content (AvgIpc) is 3.01. The number of aromatic nitrogens is 1. The zero-order valence-electron chi connectivity index (χ0n) is 15.2. The van der Waals surface area contributed by atoms with E-state index < -0.39 is 23.5 Å². The average molecular weight is 421 g/mol. The Bertz CT molecular complexity index is 1150. The highest BCUT2D eigenvalue weighted by atomic mass is 32.1. The molecule has 0 fully saturated rings. The largest absolute Gasteiger partial charge is 0.496 e. The number of halogens is 3. The van der Waals surface area contributed by atoms with Gasteiger partial charge in [-0.15, -0.1) is 0 Å². The fraction of sp³-hybridized carbons (Fsp3) is 0.150. The number of thiocarbonyl (C=S) groups is 1. The van der Waals surface area contributed by atoms with Gasteiger partial charge in [-0.3, -0.25) is 4.79 Å². The van der Waals surface area contributed by atoms with Gasteiger partial charge in [0.1, 0.15) is 5.75 Å². The van der Waals surface area contributed by atoms with Gasteiger partial charge in [0.2, 0.25) is 0 Å². The van der Waals surface area contributed by atoms with Gasteiger partial charge in [0, 0.05) is 22.2 Å². The van der Waals surface area contributed by atoms with E-state index in [4.69, 9.17) is 17.0 Å². The van der Waals surface area contributed by atoms with E-state index in [0.29, 0.717) is 16.8 Å². The predicted octanol–water partition coefficient (Wildman–Crippen LogP) is 4.54. The van der Waals surface area contributed by atoms with Crippen molar-refractivity contribution in [1.82, 2.24) is 4.98 Å². The van der Waals surface area contributed by atoms with E-state index in [2.05, 4.69) is 4.98 Å². The van der Waals surface area contributed by atoms with Crippen molar-refractivity contribution in [2.24, 2.45) is 0 Å². The molecule has 1 heterocycles. The number of methoxy groups -OCH3 is 1. The Hall–Kier alpha value is -3.20. The van der Waals surface area contributed by atoms with Crippen molar-refractivity contribution in [2.45, 2.75) is 13.1 Å². The molecule has 1 aromatic heterocycles. The number of carboxylic acid groups (broad SMARTS) is 1. The fourth-order valence-electron chi connectivity index (χ4n) is 3.14. The number of carbonyl (C=O) groups is 2. The Kier molecular flexibility index (Phi) is 5.18. The van der Waals surface area contributed by atoms with E-state index in [9.17, 15) is 27.9 Å². The minimum absolute atomic E-state index is 0.0735. The van der Waals surface area contributed by atoms with E-state index in [1.807, 2.05) is 0 Å². The third-order valence-corrected chi connectivity index (χ3v) is 4.90. The number of Topliss-reactive ketones (excluding diaryl/α,β-unsaturated/α-hetero) is 1. The lowest BCUT2D eigenvalue weighted by Crippen LogP contribution is -2.15. The van der Waals surface area contributed by atoms with Gasteiger partial charge in [-0.25, -0.2) is 4.79 Å². The summed E-state index contributed by atoms with van der Waals surface area (Å²) in [5.74, 6) is -2.50. The van der Waals surface area contributed by atoms with Crippen LogP contribution in [0.1, 0.15) is 32.7 Å². The number of hydrogen-bond acceptors (Lipinski definition) is 4. The third kappa shape index (κ3) is 3.61. The quantitative estimate of drug-likeness (QED) is 0.359. The third-order valence-electron chi connectivity index (χ3n) is 4.46. The molecule has 0 bridgehead atoms. The Morgan fingerprint density at radius 2 is 1.69 bits per heavy atom. The number of nitrogens with one attached hydrogen (secondary N) is 1. The van der Waals surface area contributed by atoms with Crippen molar-refractivity contribution >= 4 is 39.7 Å². The molecule has 0 aliphatic rings. The minimum Gasteiger partial charge on any atom is -0.496 e. The molecule has 0 spiro atoms. The van der Waals surface area contributed by atoms with Crippen LogP contribution in [0.3, 0.4) is 0 Å². The Morgan fingerprint density at radius 1 is 1.07 bits per heavy atom. The number of ether oxygens (including phenoxy) is 1. The number of carboxylic acids is 1. The topological polar surface area (TPSA) is 79.4 Å². The highest BCUT2D eigenvalue weighted by Crippen LogP contribution is 2.35. The molecule has 150 valence electrons. The first-order valence-corrected chi connectivity index (χ1v) is 8.66. The smallest absolute Gasteiger partial charge is 0.416 e. The summed E-state index contributed by atoms with van der Waals surface area (Å²) >= 11 is 5.49. The molecule has 0 atom stereocenters. The maximum atomic E-state index is 12.8. The van der Waals surface area contributed by atoms with Gasteiger partial charge in [0.15, 0.2) is 0 Å². The first-order chi connectivity index (χ1) is 13.6. The van der Waals surface area contributed by atoms with Gasteiger partial charge >= 0.3 is 12.1 Å². The molecule has 0 saturated carbocycles. The molecule has 29 heavy (non-hydrogen) atoms. The van der Waals surface area contributed by atoms with Crippen molar-refractivity contribution in [3.05, 3.63) is 64.3 Å². The van der Waals surface area contributed by atoms with Crippen molar-refractivity contribution in [1.29, 1.82) is 0 Å². The summed E-state index contributed by atoms with van der Waals surface area (Å²) in [6.45, 7) is 1.55. The summed E-state index contributed by atoms with van der Waals surface area (Å²) in [5, 5.41) is 9.43. The van der Waals surface area contributed by atoms with Crippen LogP contribution in [-0.4, -0.2) is 33.8 Å². The highest BCUT2D eigenvalue weighted by Gasteiger charge is 2.31. The van der Waals surface area contributed by atoms with Gasteiger partial charge in [0.25, 0.3) is 5.78 Å². The molecule has 0 saturated heterocycles. The van der Waals surface area contributed by atoms with Gasteiger partial charge in [-0.2, -0.15) is 13.2 Å². The standard InChI is InChI=1S/C20H14F3NO4S/c1-9-14(17(25)19(26)27)15-12(24-9)7-8-13(28-2)16(15)18(29)10-3-5-11(6-4-10)20(21,22)23/h3-8,24H,1-2H3,(H,26,27). The van der Waals surface area contributed by atoms with Crippen LogP contribution in [0.25, 0.3) is 10.9 Å². The number of ketones is 1. The number of aliphatic carboxylic acids is 1. The summed E-state index contributed by atoms with van der Waals surface area (Å²) < 4.78 is 43.9. The number of aryl methyl sites for hydroxylation is 1. The van der Waals surface area contributed by atoms with E-state index >= 15 is 0 Å². The zero-order valence-corrected chi connectivity index (χ0v) is 16.0. The fourth-order valence-corrected chi connectivity index (χ4v) is 3.48. The highest BCUT2D eigenvalue weighted by molar-refractivity contribution is 7.81. The number of H-pyrrole nitrogens is 1.